The Balaban J connectivity index is 2.74. The fraction of sp³-hybridized carbons (Fsp3) is 0.222. The third kappa shape index (κ3) is 3.39. The lowest BCUT2D eigenvalue weighted by molar-refractivity contribution is -0.387. The fourth-order valence-electron chi connectivity index (χ4n) is 0.964. The quantitative estimate of drug-likeness (QED) is 0.381. The van der Waals surface area contributed by atoms with Crippen LogP contribution in [0.4, 0.5) is 5.69 Å². The van der Waals surface area contributed by atoms with Crippen LogP contribution in [0.1, 0.15) is 0 Å². The third-order valence-corrected chi connectivity index (χ3v) is 3.40. The van der Waals surface area contributed by atoms with Crippen molar-refractivity contribution < 1.29 is 14.8 Å². The number of carboxylic acids is 1. The molecule has 0 aliphatic carbocycles. The monoisotopic (exact) mass is 261 g/mol. The molecule has 0 fully saturated rings. The Hall–Kier alpha value is -1.27. The summed E-state index contributed by atoms with van der Waals surface area (Å²) < 4.78 is 0. The van der Waals surface area contributed by atoms with Gasteiger partial charge in [-0.1, -0.05) is 12.1 Å². The Morgan fingerprint density at radius 2 is 2.19 bits per heavy atom. The van der Waals surface area contributed by atoms with Gasteiger partial charge < -0.3 is 5.11 Å². The van der Waals surface area contributed by atoms with E-state index in [0.717, 1.165) is 11.8 Å². The van der Waals surface area contributed by atoms with Crippen LogP contribution in [0.3, 0.4) is 0 Å². The van der Waals surface area contributed by atoms with Gasteiger partial charge >= 0.3 is 5.97 Å². The first kappa shape index (κ1) is 12.8. The molecule has 0 saturated carbocycles. The number of thioether (sulfide) groups is 1. The van der Waals surface area contributed by atoms with Crippen LogP contribution in [0.15, 0.2) is 29.2 Å². The minimum Gasteiger partial charge on any atom is -0.480 e. The largest absolute Gasteiger partial charge is 0.480 e. The molecule has 86 valence electrons. The van der Waals surface area contributed by atoms with Crippen molar-refractivity contribution in [2.75, 3.05) is 5.75 Å². The number of carbonyl (C=O) groups is 1. The number of halogens is 1. The lowest BCUT2D eigenvalue weighted by atomic mass is 10.3. The third-order valence-electron chi connectivity index (χ3n) is 1.72. The maximum atomic E-state index is 10.6. The van der Waals surface area contributed by atoms with Gasteiger partial charge in [-0.2, -0.15) is 0 Å². The molecule has 1 atom stereocenters. The molecule has 0 aliphatic rings. The lowest BCUT2D eigenvalue weighted by Crippen LogP contribution is -2.15. The van der Waals surface area contributed by atoms with Gasteiger partial charge in [0.25, 0.3) is 5.69 Å². The molecule has 16 heavy (non-hydrogen) atoms. The zero-order valence-corrected chi connectivity index (χ0v) is 9.57. The highest BCUT2D eigenvalue weighted by molar-refractivity contribution is 7.99. The number of benzene rings is 1. The summed E-state index contributed by atoms with van der Waals surface area (Å²) in [7, 11) is 0. The summed E-state index contributed by atoms with van der Waals surface area (Å²) in [5.41, 5.74) is -0.0400. The van der Waals surface area contributed by atoms with E-state index in [2.05, 4.69) is 0 Å². The van der Waals surface area contributed by atoms with Crippen LogP contribution in [0.5, 0.6) is 0 Å². The second-order valence-electron chi connectivity index (χ2n) is 2.84. The van der Waals surface area contributed by atoms with Gasteiger partial charge in [-0.25, -0.2) is 0 Å². The molecule has 1 rings (SSSR count). The normalized spacial score (nSPS) is 12.1. The van der Waals surface area contributed by atoms with Crippen LogP contribution in [0.2, 0.25) is 0 Å². The first-order valence-electron chi connectivity index (χ1n) is 4.25. The molecule has 0 heterocycles. The standard InChI is InChI=1S/C9H8ClNO4S/c10-6(9(12)13)5-16-8-4-2-1-3-7(8)11(14)15/h1-4,6H,5H2,(H,12,13). The van der Waals surface area contributed by atoms with Crippen molar-refractivity contribution >= 4 is 35.0 Å². The number of nitro benzene ring substituents is 1. The smallest absolute Gasteiger partial charge is 0.322 e. The molecule has 1 aromatic rings. The van der Waals surface area contributed by atoms with Crippen LogP contribution in [-0.4, -0.2) is 27.1 Å². The van der Waals surface area contributed by atoms with E-state index >= 15 is 0 Å². The van der Waals surface area contributed by atoms with Crippen molar-refractivity contribution in [1.82, 2.24) is 0 Å². The molecular formula is C9H8ClNO4S. The van der Waals surface area contributed by atoms with Crippen LogP contribution < -0.4 is 0 Å². The number of aliphatic carboxylic acids is 1. The highest BCUT2D eigenvalue weighted by Gasteiger charge is 2.18. The average Bonchev–Trinajstić information content (AvgIpc) is 2.25. The van der Waals surface area contributed by atoms with Gasteiger partial charge in [-0.15, -0.1) is 23.4 Å². The van der Waals surface area contributed by atoms with Gasteiger partial charge in [0.1, 0.15) is 5.38 Å². The van der Waals surface area contributed by atoms with Gasteiger partial charge in [0.15, 0.2) is 0 Å². The van der Waals surface area contributed by atoms with Gasteiger partial charge in [-0.05, 0) is 6.07 Å². The number of alkyl halides is 1. The Bertz CT molecular complexity index is 412. The maximum Gasteiger partial charge on any atom is 0.322 e. The molecule has 1 unspecified atom stereocenters. The molecule has 0 aliphatic heterocycles. The molecule has 0 radical (unpaired) electrons. The number of nitro groups is 1. The molecule has 0 saturated heterocycles. The topological polar surface area (TPSA) is 80.4 Å². The Kier molecular flexibility index (Phi) is 4.57. The van der Waals surface area contributed by atoms with Crippen molar-refractivity contribution in [2.24, 2.45) is 0 Å². The van der Waals surface area contributed by atoms with Gasteiger partial charge in [-0.3, -0.25) is 14.9 Å². The second-order valence-corrected chi connectivity index (χ2v) is 4.43. The Morgan fingerprint density at radius 1 is 1.56 bits per heavy atom. The number of para-hydroxylation sites is 1. The number of nitrogens with zero attached hydrogens (tertiary/aromatic N) is 1. The SMILES string of the molecule is O=C(O)C(Cl)CSc1ccccc1[N+](=O)[O-]. The molecule has 0 amide bonds. The zero-order valence-electron chi connectivity index (χ0n) is 8.00. The van der Waals surface area contributed by atoms with Crippen molar-refractivity contribution in [3.8, 4) is 0 Å². The summed E-state index contributed by atoms with van der Waals surface area (Å²) in [4.78, 5) is 21.0. The Labute approximate surface area is 101 Å². The number of carboxylic acid groups (broad SMARTS) is 1. The van der Waals surface area contributed by atoms with Crippen molar-refractivity contribution in [2.45, 2.75) is 10.3 Å². The van der Waals surface area contributed by atoms with Crippen LogP contribution >= 0.6 is 23.4 Å². The van der Waals surface area contributed by atoms with Crippen LogP contribution in [0.25, 0.3) is 0 Å². The number of hydrogen-bond donors (Lipinski definition) is 1. The Morgan fingerprint density at radius 3 is 2.75 bits per heavy atom. The summed E-state index contributed by atoms with van der Waals surface area (Å²) in [6.07, 6.45) is 0. The lowest BCUT2D eigenvalue weighted by Gasteiger charge is -2.04. The summed E-state index contributed by atoms with van der Waals surface area (Å²) in [5.74, 6) is -1.05. The molecule has 5 nitrogen and oxygen atoms in total. The molecule has 7 heteroatoms. The molecule has 1 N–H and O–H groups in total. The highest BCUT2D eigenvalue weighted by atomic mass is 35.5. The molecule has 0 spiro atoms. The summed E-state index contributed by atoms with van der Waals surface area (Å²) in [6, 6.07) is 6.14. The highest BCUT2D eigenvalue weighted by Crippen LogP contribution is 2.29. The molecule has 1 aromatic carbocycles. The molecule has 0 bridgehead atoms. The van der Waals surface area contributed by atoms with E-state index in [0.29, 0.717) is 4.90 Å². The number of hydrogen-bond acceptors (Lipinski definition) is 4. The minimum atomic E-state index is -1.13. The van der Waals surface area contributed by atoms with Crippen LogP contribution in [0, 0.1) is 10.1 Å². The average molecular weight is 262 g/mol. The van der Waals surface area contributed by atoms with E-state index in [9.17, 15) is 14.9 Å². The van der Waals surface area contributed by atoms with E-state index in [-0.39, 0.29) is 11.4 Å². The first-order chi connectivity index (χ1) is 7.52. The van der Waals surface area contributed by atoms with E-state index in [1.54, 1.807) is 18.2 Å². The minimum absolute atomic E-state index is 0.0400. The fourth-order valence-corrected chi connectivity index (χ4v) is 2.09. The van der Waals surface area contributed by atoms with Gasteiger partial charge in [0.05, 0.1) is 9.82 Å². The van der Waals surface area contributed by atoms with Crippen LogP contribution in [-0.2, 0) is 4.79 Å². The van der Waals surface area contributed by atoms with E-state index in [1.807, 2.05) is 0 Å². The van der Waals surface area contributed by atoms with Crippen molar-refractivity contribution in [1.29, 1.82) is 0 Å². The summed E-state index contributed by atoms with van der Waals surface area (Å²) >= 11 is 6.56. The van der Waals surface area contributed by atoms with E-state index < -0.39 is 16.3 Å². The number of rotatable bonds is 5. The molecular weight excluding hydrogens is 254 g/mol. The van der Waals surface area contributed by atoms with Gasteiger partial charge in [0.2, 0.25) is 0 Å². The first-order valence-corrected chi connectivity index (χ1v) is 5.67. The predicted molar refractivity (Wildman–Crippen MR) is 61.1 cm³/mol. The van der Waals surface area contributed by atoms with Gasteiger partial charge in [0, 0.05) is 11.8 Å². The van der Waals surface area contributed by atoms with Crippen molar-refractivity contribution in [3.63, 3.8) is 0 Å². The second kappa shape index (κ2) is 5.72. The van der Waals surface area contributed by atoms with E-state index in [1.165, 1.54) is 6.07 Å². The van der Waals surface area contributed by atoms with E-state index in [4.69, 9.17) is 16.7 Å². The maximum absolute atomic E-state index is 10.6. The summed E-state index contributed by atoms with van der Waals surface area (Å²) in [6.45, 7) is 0. The van der Waals surface area contributed by atoms with Crippen molar-refractivity contribution in [3.05, 3.63) is 34.4 Å². The summed E-state index contributed by atoms with van der Waals surface area (Å²) in [5, 5.41) is 18.2. The molecule has 0 aromatic heterocycles. The predicted octanol–water partition coefficient (Wildman–Crippen LogP) is 2.38. The zero-order chi connectivity index (χ0) is 12.1.